The summed E-state index contributed by atoms with van der Waals surface area (Å²) >= 11 is 0. The molecule has 0 bridgehead atoms. The molecule has 2 aliphatic rings. The van der Waals surface area contributed by atoms with E-state index in [1.165, 1.54) is 5.56 Å². The number of fused-ring (bicyclic) bond motifs is 4. The van der Waals surface area contributed by atoms with E-state index in [9.17, 15) is 9.59 Å². The number of amides is 1. The van der Waals surface area contributed by atoms with E-state index in [0.717, 1.165) is 54.0 Å². The zero-order valence-corrected chi connectivity index (χ0v) is 20.5. The van der Waals surface area contributed by atoms with Gasteiger partial charge in [-0.15, -0.1) is 0 Å². The van der Waals surface area contributed by atoms with E-state index < -0.39 is 11.5 Å². The Kier molecular flexibility index (Phi) is 6.84. The molecule has 1 spiro atoms. The molecule has 1 amide bonds. The van der Waals surface area contributed by atoms with Gasteiger partial charge in [0.25, 0.3) is 0 Å². The highest BCUT2D eigenvalue weighted by molar-refractivity contribution is 5.88. The lowest BCUT2D eigenvalue weighted by atomic mass is 9.83. The predicted octanol–water partition coefficient (Wildman–Crippen LogP) is 2.22. The van der Waals surface area contributed by atoms with Gasteiger partial charge in [-0.05, 0) is 48.7 Å². The van der Waals surface area contributed by atoms with Gasteiger partial charge in [0.1, 0.15) is 18.1 Å². The number of benzene rings is 2. The van der Waals surface area contributed by atoms with Gasteiger partial charge in [-0.1, -0.05) is 18.2 Å². The van der Waals surface area contributed by atoms with Crippen LogP contribution < -0.4 is 14.8 Å². The molecule has 36 heavy (non-hydrogen) atoms. The van der Waals surface area contributed by atoms with E-state index in [0.29, 0.717) is 19.7 Å². The first-order valence-electron chi connectivity index (χ1n) is 12.3. The average molecular weight is 493 g/mol. The normalized spacial score (nSPS) is 19.5. The number of likely N-dealkylation sites (tertiary alicyclic amines) is 1. The minimum Gasteiger partial charge on any atom is -0.497 e. The van der Waals surface area contributed by atoms with Crippen molar-refractivity contribution < 1.29 is 24.2 Å². The average Bonchev–Trinajstić information content (AvgIpc) is 3.47. The fourth-order valence-electron chi connectivity index (χ4n) is 5.61. The van der Waals surface area contributed by atoms with Crippen molar-refractivity contribution in [2.24, 2.45) is 0 Å². The standard InChI is InChI=1S/C27H32N4O5/c1-35-20-7-8-23-22(15-20)21-9-11-31(24(32)16-28-17-25(33)34)27(26(21)29-23)10-12-30(18-27)13-14-36-19-5-3-2-4-6-19/h2-8,15,28-29H,9-14,16-18H2,1H3,(H,33,34). The lowest BCUT2D eigenvalue weighted by molar-refractivity contribution is -0.138. The van der Waals surface area contributed by atoms with E-state index in [2.05, 4.69) is 21.3 Å². The highest BCUT2D eigenvalue weighted by atomic mass is 16.5. The molecule has 3 heterocycles. The van der Waals surface area contributed by atoms with Crippen molar-refractivity contribution in [3.63, 3.8) is 0 Å². The molecular formula is C27H32N4O5. The summed E-state index contributed by atoms with van der Waals surface area (Å²) in [6, 6.07) is 15.8. The first-order valence-corrected chi connectivity index (χ1v) is 12.3. The fraction of sp³-hybridized carbons (Fsp3) is 0.407. The van der Waals surface area contributed by atoms with E-state index in [1.54, 1.807) is 7.11 Å². The Morgan fingerprint density at radius 2 is 1.94 bits per heavy atom. The van der Waals surface area contributed by atoms with Crippen molar-refractivity contribution in [1.29, 1.82) is 0 Å². The second-order valence-corrected chi connectivity index (χ2v) is 9.40. The quantitative estimate of drug-likeness (QED) is 0.420. The fourth-order valence-corrected chi connectivity index (χ4v) is 5.61. The summed E-state index contributed by atoms with van der Waals surface area (Å²) in [6.45, 7) is 3.17. The Bertz CT molecular complexity index is 1240. The maximum atomic E-state index is 13.4. The highest BCUT2D eigenvalue weighted by Gasteiger charge is 2.50. The molecule has 5 rings (SSSR count). The number of hydrogen-bond acceptors (Lipinski definition) is 6. The molecule has 1 aromatic heterocycles. The molecule has 0 radical (unpaired) electrons. The van der Waals surface area contributed by atoms with Gasteiger partial charge in [0.05, 0.1) is 25.7 Å². The number of para-hydroxylation sites is 1. The number of carbonyl (C=O) groups is 2. The molecule has 1 unspecified atom stereocenters. The Morgan fingerprint density at radius 3 is 2.72 bits per heavy atom. The summed E-state index contributed by atoms with van der Waals surface area (Å²) in [4.78, 5) is 32.2. The molecule has 2 aromatic carbocycles. The van der Waals surface area contributed by atoms with Gasteiger partial charge in [0.2, 0.25) is 5.91 Å². The number of nitrogens with one attached hydrogen (secondary N) is 2. The molecule has 9 heteroatoms. The first-order chi connectivity index (χ1) is 17.5. The largest absolute Gasteiger partial charge is 0.497 e. The van der Waals surface area contributed by atoms with Crippen molar-refractivity contribution in [2.75, 3.05) is 53.0 Å². The third kappa shape index (κ3) is 4.64. The topological polar surface area (TPSA) is 107 Å². The van der Waals surface area contributed by atoms with Crippen molar-refractivity contribution in [3.05, 3.63) is 59.8 Å². The maximum Gasteiger partial charge on any atom is 0.317 e. The number of aromatic nitrogens is 1. The van der Waals surface area contributed by atoms with Crippen molar-refractivity contribution in [1.82, 2.24) is 20.1 Å². The minimum absolute atomic E-state index is 0.00540. The van der Waals surface area contributed by atoms with Crippen LogP contribution in [0.3, 0.4) is 0 Å². The molecule has 9 nitrogen and oxygen atoms in total. The number of carboxylic acids is 1. The molecule has 0 saturated carbocycles. The second kappa shape index (κ2) is 10.2. The Hall–Kier alpha value is -3.56. The Balaban J connectivity index is 1.40. The summed E-state index contributed by atoms with van der Waals surface area (Å²) in [6.07, 6.45) is 1.52. The summed E-state index contributed by atoms with van der Waals surface area (Å²) in [5, 5.41) is 12.9. The van der Waals surface area contributed by atoms with Crippen LogP contribution in [0, 0.1) is 0 Å². The number of rotatable bonds is 9. The highest BCUT2D eigenvalue weighted by Crippen LogP contribution is 2.45. The van der Waals surface area contributed by atoms with Gasteiger partial charge in [-0.2, -0.15) is 0 Å². The van der Waals surface area contributed by atoms with Crippen LogP contribution >= 0.6 is 0 Å². The number of carbonyl (C=O) groups excluding carboxylic acids is 1. The molecule has 1 fully saturated rings. The van der Waals surface area contributed by atoms with E-state index in [1.807, 2.05) is 47.4 Å². The summed E-state index contributed by atoms with van der Waals surface area (Å²) in [5.74, 6) is 0.590. The van der Waals surface area contributed by atoms with Crippen LogP contribution in [0.15, 0.2) is 48.5 Å². The number of aromatic amines is 1. The van der Waals surface area contributed by atoms with Gasteiger partial charge in [-0.25, -0.2) is 0 Å². The van der Waals surface area contributed by atoms with Gasteiger partial charge in [0.15, 0.2) is 0 Å². The zero-order valence-electron chi connectivity index (χ0n) is 20.5. The van der Waals surface area contributed by atoms with Crippen molar-refractivity contribution in [2.45, 2.75) is 18.4 Å². The summed E-state index contributed by atoms with van der Waals surface area (Å²) in [5.41, 5.74) is 2.84. The SMILES string of the molecule is COc1ccc2[nH]c3c(c2c1)CCN(C(=O)CNCC(=O)O)C31CCN(CCOc2ccccc2)C1. The third-order valence-electron chi connectivity index (χ3n) is 7.28. The van der Waals surface area contributed by atoms with Crippen LogP contribution in [-0.4, -0.2) is 84.8 Å². The van der Waals surface area contributed by atoms with Crippen LogP contribution in [-0.2, 0) is 21.5 Å². The number of methoxy groups -OCH3 is 1. The first kappa shape index (κ1) is 24.1. The van der Waals surface area contributed by atoms with Gasteiger partial charge >= 0.3 is 5.97 Å². The number of carboxylic acid groups (broad SMARTS) is 1. The summed E-state index contributed by atoms with van der Waals surface area (Å²) in [7, 11) is 1.67. The molecule has 1 atom stereocenters. The van der Waals surface area contributed by atoms with E-state index in [4.69, 9.17) is 14.6 Å². The molecular weight excluding hydrogens is 460 g/mol. The van der Waals surface area contributed by atoms with Crippen LogP contribution in [0.1, 0.15) is 17.7 Å². The molecule has 2 aliphatic heterocycles. The molecule has 0 aliphatic carbocycles. The Labute approximate surface area is 210 Å². The van der Waals surface area contributed by atoms with Crippen LogP contribution in [0.4, 0.5) is 0 Å². The van der Waals surface area contributed by atoms with Gasteiger partial charge in [-0.3, -0.25) is 19.8 Å². The van der Waals surface area contributed by atoms with Crippen molar-refractivity contribution in [3.8, 4) is 11.5 Å². The van der Waals surface area contributed by atoms with Crippen molar-refractivity contribution >= 4 is 22.8 Å². The monoisotopic (exact) mass is 492 g/mol. The number of ether oxygens (including phenoxy) is 2. The minimum atomic E-state index is -0.978. The zero-order chi connectivity index (χ0) is 25.1. The van der Waals surface area contributed by atoms with E-state index >= 15 is 0 Å². The summed E-state index contributed by atoms with van der Waals surface area (Å²) < 4.78 is 11.4. The molecule has 190 valence electrons. The van der Waals surface area contributed by atoms with Gasteiger partial charge < -0.3 is 24.5 Å². The maximum absolute atomic E-state index is 13.4. The lowest BCUT2D eigenvalue weighted by Gasteiger charge is -2.45. The predicted molar refractivity (Wildman–Crippen MR) is 135 cm³/mol. The molecule has 3 N–H and O–H groups in total. The van der Waals surface area contributed by atoms with Crippen LogP contribution in [0.5, 0.6) is 11.5 Å². The molecule has 1 saturated heterocycles. The lowest BCUT2D eigenvalue weighted by Crippen LogP contribution is -2.57. The van der Waals surface area contributed by atoms with Crippen LogP contribution in [0.25, 0.3) is 10.9 Å². The van der Waals surface area contributed by atoms with Gasteiger partial charge in [0, 0.05) is 42.8 Å². The number of nitrogens with zero attached hydrogens (tertiary/aromatic N) is 2. The number of H-pyrrole nitrogens is 1. The Morgan fingerprint density at radius 1 is 1.11 bits per heavy atom. The smallest absolute Gasteiger partial charge is 0.317 e. The number of aliphatic carboxylic acids is 1. The number of hydrogen-bond donors (Lipinski definition) is 3. The van der Waals surface area contributed by atoms with E-state index in [-0.39, 0.29) is 19.0 Å². The van der Waals surface area contributed by atoms with Crippen LogP contribution in [0.2, 0.25) is 0 Å². The third-order valence-corrected chi connectivity index (χ3v) is 7.28. The molecule has 3 aromatic rings. The second-order valence-electron chi connectivity index (χ2n) is 9.40.